The highest BCUT2D eigenvalue weighted by Crippen LogP contribution is 2.42. The van der Waals surface area contributed by atoms with E-state index in [9.17, 15) is 0 Å². The maximum atomic E-state index is 5.36. The summed E-state index contributed by atoms with van der Waals surface area (Å²) in [7, 11) is 0. The molecule has 0 saturated carbocycles. The lowest BCUT2D eigenvalue weighted by Gasteiger charge is -2.16. The van der Waals surface area contributed by atoms with Crippen molar-refractivity contribution in [2.75, 3.05) is 0 Å². The van der Waals surface area contributed by atoms with E-state index in [2.05, 4.69) is 203 Å². The highest BCUT2D eigenvalue weighted by molar-refractivity contribution is 7.25. The summed E-state index contributed by atoms with van der Waals surface area (Å²) in [6, 6.07) is 75.8. The molecule has 13 rings (SSSR count). The van der Waals surface area contributed by atoms with Gasteiger partial charge in [0.2, 0.25) is 5.95 Å². The Morgan fingerprint density at radius 3 is 1.52 bits per heavy atom. The van der Waals surface area contributed by atoms with Gasteiger partial charge in [0.25, 0.3) is 0 Å². The third-order valence-corrected chi connectivity index (χ3v) is 13.5. The Balaban J connectivity index is 1.08. The zero-order chi connectivity index (χ0) is 41.4. The largest absolute Gasteiger partial charge is 0.309 e. The summed E-state index contributed by atoms with van der Waals surface area (Å²) in [6.07, 6.45) is 0. The summed E-state index contributed by atoms with van der Waals surface area (Å²) in [5, 5.41) is 7.03. The van der Waals surface area contributed by atoms with Crippen molar-refractivity contribution in [3.05, 3.63) is 212 Å². The Kier molecular flexibility index (Phi) is 8.01. The van der Waals surface area contributed by atoms with Crippen molar-refractivity contribution >= 4 is 75.1 Å². The predicted molar refractivity (Wildman–Crippen MR) is 263 cm³/mol. The van der Waals surface area contributed by atoms with Crippen LogP contribution in [0.5, 0.6) is 0 Å². The molecule has 0 aliphatic rings. The van der Waals surface area contributed by atoms with Crippen molar-refractivity contribution in [1.82, 2.24) is 24.1 Å². The predicted octanol–water partition coefficient (Wildman–Crippen LogP) is 15.1. The standard InChI is InChI=1S/C57H35N5S/c1-4-16-36(17-5-1)39-28-30-50(44(32-39)37-18-6-2-7-19-37)61-48-25-13-10-22-41(48)45-35-52-46(34-51(45)61)42-23-11-14-26-49(42)62(52)57-59-55(38-20-8-3-9-21-38)58-56(60-57)40-29-31-54-47(33-40)43-24-12-15-27-53(43)63-54/h1-35H. The topological polar surface area (TPSA) is 48.5 Å². The third-order valence-electron chi connectivity index (χ3n) is 12.4. The first-order valence-corrected chi connectivity index (χ1v) is 22.0. The maximum absolute atomic E-state index is 5.36. The van der Waals surface area contributed by atoms with E-state index in [-0.39, 0.29) is 0 Å². The highest BCUT2D eigenvalue weighted by atomic mass is 32.1. The Labute approximate surface area is 366 Å². The lowest BCUT2D eigenvalue weighted by molar-refractivity contribution is 0.954. The second kappa shape index (κ2) is 14.2. The summed E-state index contributed by atoms with van der Waals surface area (Å²) < 4.78 is 7.19. The number of nitrogens with zero attached hydrogens (tertiary/aromatic N) is 5. The molecule has 13 aromatic rings. The molecule has 0 aliphatic heterocycles. The Bertz CT molecular complexity index is 3900. The quantitative estimate of drug-likeness (QED) is 0.168. The fourth-order valence-corrected chi connectivity index (χ4v) is 10.6. The van der Waals surface area contributed by atoms with Gasteiger partial charge in [0.15, 0.2) is 11.6 Å². The van der Waals surface area contributed by atoms with Crippen molar-refractivity contribution in [3.8, 4) is 56.7 Å². The van der Waals surface area contributed by atoms with Gasteiger partial charge >= 0.3 is 0 Å². The summed E-state index contributed by atoms with van der Waals surface area (Å²) in [4.78, 5) is 15.8. The molecule has 5 nitrogen and oxygen atoms in total. The van der Waals surface area contributed by atoms with Crippen molar-refractivity contribution in [1.29, 1.82) is 0 Å². The van der Waals surface area contributed by atoms with Gasteiger partial charge in [-0.15, -0.1) is 11.3 Å². The van der Waals surface area contributed by atoms with E-state index in [0.717, 1.165) is 55.0 Å². The number of rotatable bonds is 6. The molecule has 0 fully saturated rings. The van der Waals surface area contributed by atoms with E-state index in [4.69, 9.17) is 15.0 Å². The molecule has 0 atom stereocenters. The van der Waals surface area contributed by atoms with Gasteiger partial charge in [0.05, 0.1) is 27.8 Å². The van der Waals surface area contributed by atoms with E-state index in [1.165, 1.54) is 47.8 Å². The average molecular weight is 822 g/mol. The summed E-state index contributed by atoms with van der Waals surface area (Å²) in [5.41, 5.74) is 12.1. The molecular formula is C57H35N5S. The molecule has 0 amide bonds. The fraction of sp³-hybridized carbons (Fsp3) is 0. The smallest absolute Gasteiger partial charge is 0.238 e. The van der Waals surface area contributed by atoms with Gasteiger partial charge in [-0.1, -0.05) is 152 Å². The van der Waals surface area contributed by atoms with Crippen LogP contribution in [-0.2, 0) is 0 Å². The van der Waals surface area contributed by atoms with Crippen LogP contribution in [0.2, 0.25) is 0 Å². The van der Waals surface area contributed by atoms with Crippen molar-refractivity contribution in [2.45, 2.75) is 0 Å². The van der Waals surface area contributed by atoms with Crippen molar-refractivity contribution < 1.29 is 0 Å². The molecule has 0 saturated heterocycles. The Morgan fingerprint density at radius 2 is 0.825 bits per heavy atom. The lowest BCUT2D eigenvalue weighted by Crippen LogP contribution is -2.06. The third kappa shape index (κ3) is 5.73. The number of para-hydroxylation sites is 2. The number of aromatic nitrogens is 5. The number of benzene rings is 9. The second-order valence-corrected chi connectivity index (χ2v) is 17.1. The molecule has 6 heteroatoms. The van der Waals surface area contributed by atoms with Crippen molar-refractivity contribution in [2.24, 2.45) is 0 Å². The van der Waals surface area contributed by atoms with Gasteiger partial charge < -0.3 is 4.57 Å². The van der Waals surface area contributed by atoms with Gasteiger partial charge in [0, 0.05) is 58.4 Å². The molecule has 0 spiro atoms. The van der Waals surface area contributed by atoms with Crippen LogP contribution in [0.4, 0.5) is 0 Å². The summed E-state index contributed by atoms with van der Waals surface area (Å²) in [5.74, 6) is 1.83. The first-order chi connectivity index (χ1) is 31.2. The van der Waals surface area contributed by atoms with E-state index in [1.807, 2.05) is 29.5 Å². The SMILES string of the molecule is c1ccc(-c2ccc(-n3c4ccccc4c4cc5c(cc43)c3ccccc3n5-c3nc(-c4ccccc4)nc(-c4ccc5sc6ccccc6c5c4)n3)c(-c3ccccc3)c2)cc1. The van der Waals surface area contributed by atoms with Crippen LogP contribution in [0.3, 0.4) is 0 Å². The molecule has 0 bridgehead atoms. The maximum Gasteiger partial charge on any atom is 0.238 e. The minimum atomic E-state index is 0.575. The molecule has 0 unspecified atom stereocenters. The summed E-state index contributed by atoms with van der Waals surface area (Å²) in [6.45, 7) is 0. The van der Waals surface area contributed by atoms with Crippen LogP contribution >= 0.6 is 11.3 Å². The van der Waals surface area contributed by atoms with Gasteiger partial charge in [0.1, 0.15) is 0 Å². The van der Waals surface area contributed by atoms with Crippen LogP contribution in [-0.4, -0.2) is 24.1 Å². The normalized spacial score (nSPS) is 11.8. The molecular weight excluding hydrogens is 787 g/mol. The molecule has 4 heterocycles. The van der Waals surface area contributed by atoms with Gasteiger partial charge in [-0.3, -0.25) is 4.57 Å². The molecule has 0 aliphatic carbocycles. The summed E-state index contributed by atoms with van der Waals surface area (Å²) >= 11 is 1.81. The van der Waals surface area contributed by atoms with E-state index >= 15 is 0 Å². The second-order valence-electron chi connectivity index (χ2n) is 16.0. The molecule has 294 valence electrons. The molecule has 0 radical (unpaired) electrons. The number of thiophene rings is 1. The minimum absolute atomic E-state index is 0.575. The van der Waals surface area contributed by atoms with E-state index in [1.54, 1.807) is 0 Å². The first-order valence-electron chi connectivity index (χ1n) is 21.2. The van der Waals surface area contributed by atoms with Gasteiger partial charge in [-0.2, -0.15) is 9.97 Å². The molecule has 9 aromatic carbocycles. The van der Waals surface area contributed by atoms with Crippen LogP contribution in [0, 0.1) is 0 Å². The van der Waals surface area contributed by atoms with Gasteiger partial charge in [-0.05, 0) is 77.4 Å². The highest BCUT2D eigenvalue weighted by Gasteiger charge is 2.23. The Hall–Kier alpha value is -8.19. The van der Waals surface area contributed by atoms with E-state index < -0.39 is 0 Å². The van der Waals surface area contributed by atoms with Crippen LogP contribution in [0.15, 0.2) is 212 Å². The lowest BCUT2D eigenvalue weighted by atomic mass is 9.97. The molecule has 63 heavy (non-hydrogen) atoms. The van der Waals surface area contributed by atoms with Crippen LogP contribution in [0.25, 0.3) is 120 Å². The average Bonchev–Trinajstić information content (AvgIpc) is 4.01. The number of fused-ring (bicyclic) bond motifs is 9. The number of hydrogen-bond donors (Lipinski definition) is 0. The fourth-order valence-electron chi connectivity index (χ4n) is 9.47. The van der Waals surface area contributed by atoms with Crippen molar-refractivity contribution in [3.63, 3.8) is 0 Å². The van der Waals surface area contributed by atoms with Crippen LogP contribution < -0.4 is 0 Å². The minimum Gasteiger partial charge on any atom is -0.309 e. The van der Waals surface area contributed by atoms with E-state index in [0.29, 0.717) is 17.6 Å². The zero-order valence-corrected chi connectivity index (χ0v) is 34.7. The monoisotopic (exact) mass is 821 g/mol. The Morgan fingerprint density at radius 1 is 0.302 bits per heavy atom. The first kappa shape index (κ1) is 35.6. The molecule has 0 N–H and O–H groups in total. The molecule has 4 aromatic heterocycles. The number of hydrogen-bond acceptors (Lipinski definition) is 4. The van der Waals surface area contributed by atoms with Gasteiger partial charge in [-0.25, -0.2) is 4.98 Å². The van der Waals surface area contributed by atoms with Crippen LogP contribution in [0.1, 0.15) is 0 Å². The zero-order valence-electron chi connectivity index (χ0n) is 33.9.